The Morgan fingerprint density at radius 3 is 1.31 bits per heavy atom. The molecule has 0 bridgehead atoms. The normalized spacial score (nSPS) is 11.4. The minimum Gasteiger partial charge on any atom is -0.550 e. The zero-order chi connectivity index (χ0) is 13.6. The summed E-state index contributed by atoms with van der Waals surface area (Å²) in [6.45, 7) is 5.76. The Hall–Kier alpha value is -1.14. The van der Waals surface area contributed by atoms with Crippen LogP contribution in [0.15, 0.2) is 0 Å². The van der Waals surface area contributed by atoms with Crippen LogP contribution in [0, 0.1) is 0 Å². The Morgan fingerprint density at radius 1 is 1.00 bits per heavy atom. The lowest BCUT2D eigenvalue weighted by molar-refractivity contribution is -0.308. The summed E-state index contributed by atoms with van der Waals surface area (Å²) in [5.74, 6) is -2.20. The second-order valence-electron chi connectivity index (χ2n) is 4.74. The minimum absolute atomic E-state index is 0.201. The van der Waals surface area contributed by atoms with Crippen molar-refractivity contribution in [1.82, 2.24) is 0 Å². The zero-order valence-corrected chi connectivity index (χ0v) is 9.98. The van der Waals surface area contributed by atoms with Crippen LogP contribution in [0.3, 0.4) is 0 Å². The maximum absolute atomic E-state index is 9.85. The lowest BCUT2D eigenvalue weighted by Crippen LogP contribution is -2.32. The first kappa shape index (κ1) is 17.3. The molecular formula is C10H19O6-. The SMILES string of the molecule is CC(C)(O)CC(=O)O.CC(C)(O)CC(=O)[O-]. The van der Waals surface area contributed by atoms with E-state index in [1.165, 1.54) is 27.7 Å². The van der Waals surface area contributed by atoms with E-state index in [1.807, 2.05) is 0 Å². The van der Waals surface area contributed by atoms with Crippen LogP contribution >= 0.6 is 0 Å². The molecular weight excluding hydrogens is 216 g/mol. The van der Waals surface area contributed by atoms with E-state index in [2.05, 4.69) is 0 Å². The van der Waals surface area contributed by atoms with Crippen LogP contribution < -0.4 is 5.11 Å². The van der Waals surface area contributed by atoms with Crippen LogP contribution in [0.1, 0.15) is 40.5 Å². The number of rotatable bonds is 4. The largest absolute Gasteiger partial charge is 0.550 e. The van der Waals surface area contributed by atoms with E-state index >= 15 is 0 Å². The van der Waals surface area contributed by atoms with Gasteiger partial charge in [-0.1, -0.05) is 0 Å². The number of carbonyl (C=O) groups excluding carboxylic acids is 1. The Labute approximate surface area is 94.5 Å². The van der Waals surface area contributed by atoms with E-state index in [4.69, 9.17) is 15.3 Å². The monoisotopic (exact) mass is 235 g/mol. The van der Waals surface area contributed by atoms with Gasteiger partial charge in [0.2, 0.25) is 0 Å². The molecule has 0 unspecified atom stereocenters. The summed E-state index contributed by atoms with van der Waals surface area (Å²) in [6, 6.07) is 0. The fraction of sp³-hybridized carbons (Fsp3) is 0.800. The molecule has 0 atom stereocenters. The van der Waals surface area contributed by atoms with Gasteiger partial charge in [0.15, 0.2) is 0 Å². The lowest BCUT2D eigenvalue weighted by atomic mass is 10.1. The van der Waals surface area contributed by atoms with Gasteiger partial charge in [0.25, 0.3) is 0 Å². The van der Waals surface area contributed by atoms with Crippen LogP contribution in [0.2, 0.25) is 0 Å². The smallest absolute Gasteiger partial charge is 0.306 e. The van der Waals surface area contributed by atoms with Gasteiger partial charge in [-0.25, -0.2) is 0 Å². The van der Waals surface area contributed by atoms with E-state index in [0.717, 1.165) is 0 Å². The van der Waals surface area contributed by atoms with E-state index in [1.54, 1.807) is 0 Å². The molecule has 0 aromatic rings. The average Bonchev–Trinajstić information content (AvgIpc) is 1.72. The summed E-state index contributed by atoms with van der Waals surface area (Å²) < 4.78 is 0. The molecule has 0 aliphatic rings. The second-order valence-corrected chi connectivity index (χ2v) is 4.74. The van der Waals surface area contributed by atoms with Gasteiger partial charge < -0.3 is 25.2 Å². The third kappa shape index (κ3) is 23.0. The van der Waals surface area contributed by atoms with Crippen molar-refractivity contribution < 1.29 is 30.0 Å². The molecule has 3 N–H and O–H groups in total. The third-order valence-electron chi connectivity index (χ3n) is 1.16. The number of aliphatic hydroxyl groups is 2. The first-order valence-electron chi connectivity index (χ1n) is 4.70. The quantitative estimate of drug-likeness (QED) is 0.583. The molecule has 0 aliphatic heterocycles. The van der Waals surface area contributed by atoms with Crippen molar-refractivity contribution in [1.29, 1.82) is 0 Å². The standard InChI is InChI=1S/2C5H10O3/c2*1-5(2,8)3-4(6)7/h2*8H,3H2,1-2H3,(H,6,7)/p-1. The number of hydrogen-bond donors (Lipinski definition) is 3. The molecule has 0 saturated carbocycles. The third-order valence-corrected chi connectivity index (χ3v) is 1.16. The van der Waals surface area contributed by atoms with Crippen LogP contribution in [0.25, 0.3) is 0 Å². The summed E-state index contributed by atoms with van der Waals surface area (Å²) in [4.78, 5) is 19.6. The number of carboxylic acid groups (broad SMARTS) is 2. The first-order chi connectivity index (χ1) is 6.83. The summed E-state index contributed by atoms with van der Waals surface area (Å²) in [7, 11) is 0. The highest BCUT2D eigenvalue weighted by Gasteiger charge is 2.16. The molecule has 0 aliphatic carbocycles. The van der Waals surface area contributed by atoms with Crippen molar-refractivity contribution in [2.24, 2.45) is 0 Å². The van der Waals surface area contributed by atoms with Crippen molar-refractivity contribution in [2.75, 3.05) is 0 Å². The first-order valence-corrected chi connectivity index (χ1v) is 4.70. The highest BCUT2D eigenvalue weighted by molar-refractivity contribution is 5.67. The predicted molar refractivity (Wildman–Crippen MR) is 54.5 cm³/mol. The molecule has 0 spiro atoms. The van der Waals surface area contributed by atoms with E-state index in [9.17, 15) is 14.7 Å². The van der Waals surface area contributed by atoms with Gasteiger partial charge in [0, 0.05) is 12.4 Å². The second kappa shape index (κ2) is 6.44. The molecule has 16 heavy (non-hydrogen) atoms. The highest BCUT2D eigenvalue weighted by atomic mass is 16.4. The van der Waals surface area contributed by atoms with Crippen molar-refractivity contribution in [2.45, 2.75) is 51.7 Å². The van der Waals surface area contributed by atoms with Crippen LogP contribution in [-0.2, 0) is 9.59 Å². The molecule has 0 radical (unpaired) electrons. The van der Waals surface area contributed by atoms with Crippen LogP contribution in [0.5, 0.6) is 0 Å². The predicted octanol–water partition coefficient (Wildman–Crippen LogP) is -0.871. The summed E-state index contributed by atoms with van der Waals surface area (Å²) in [6.07, 6.45) is -0.514. The molecule has 0 amide bonds. The molecule has 6 heteroatoms. The molecule has 0 rings (SSSR count). The summed E-state index contributed by atoms with van der Waals surface area (Å²) in [5.41, 5.74) is -2.22. The van der Waals surface area contributed by atoms with Crippen LogP contribution in [-0.4, -0.2) is 38.5 Å². The van der Waals surface area contributed by atoms with Gasteiger partial charge >= 0.3 is 5.97 Å². The molecule has 0 heterocycles. The van der Waals surface area contributed by atoms with E-state index < -0.39 is 23.1 Å². The van der Waals surface area contributed by atoms with Gasteiger partial charge in [0.1, 0.15) is 0 Å². The van der Waals surface area contributed by atoms with Gasteiger partial charge in [-0.3, -0.25) is 4.79 Å². The molecule has 0 aromatic carbocycles. The van der Waals surface area contributed by atoms with E-state index in [0.29, 0.717) is 0 Å². The highest BCUT2D eigenvalue weighted by Crippen LogP contribution is 2.05. The van der Waals surface area contributed by atoms with Crippen LogP contribution in [0.4, 0.5) is 0 Å². The Bertz CT molecular complexity index is 207. The fourth-order valence-electron chi connectivity index (χ4n) is 0.723. The lowest BCUT2D eigenvalue weighted by Gasteiger charge is -2.16. The zero-order valence-electron chi connectivity index (χ0n) is 9.98. The number of carboxylic acids is 2. The molecule has 0 saturated heterocycles. The number of carbonyl (C=O) groups is 2. The average molecular weight is 235 g/mol. The number of aliphatic carboxylic acids is 2. The molecule has 96 valence electrons. The van der Waals surface area contributed by atoms with Crippen molar-refractivity contribution in [3.63, 3.8) is 0 Å². The van der Waals surface area contributed by atoms with Gasteiger partial charge in [-0.15, -0.1) is 0 Å². The van der Waals surface area contributed by atoms with Crippen molar-refractivity contribution in [3.8, 4) is 0 Å². The van der Waals surface area contributed by atoms with Crippen molar-refractivity contribution >= 4 is 11.9 Å². The molecule has 0 fully saturated rings. The molecule has 0 aromatic heterocycles. The van der Waals surface area contributed by atoms with Gasteiger partial charge in [0.05, 0.1) is 17.6 Å². The fourth-order valence-corrected chi connectivity index (χ4v) is 0.723. The summed E-state index contributed by atoms with van der Waals surface area (Å²) >= 11 is 0. The van der Waals surface area contributed by atoms with Gasteiger partial charge in [-0.2, -0.15) is 0 Å². The van der Waals surface area contributed by atoms with E-state index in [-0.39, 0.29) is 12.8 Å². The Morgan fingerprint density at radius 2 is 1.31 bits per heavy atom. The van der Waals surface area contributed by atoms with Crippen molar-refractivity contribution in [3.05, 3.63) is 0 Å². The minimum atomic E-state index is -1.22. The Balaban J connectivity index is 0. The van der Waals surface area contributed by atoms with Gasteiger partial charge in [-0.05, 0) is 27.7 Å². The topological polar surface area (TPSA) is 118 Å². The maximum Gasteiger partial charge on any atom is 0.306 e. The molecule has 6 nitrogen and oxygen atoms in total. The summed E-state index contributed by atoms with van der Waals surface area (Å²) in [5, 5.41) is 35.4. The number of hydrogen-bond acceptors (Lipinski definition) is 5. The Kier molecular flexibility index (Phi) is 6.95. The maximum atomic E-state index is 9.85.